The summed E-state index contributed by atoms with van der Waals surface area (Å²) in [5.41, 5.74) is 5.13. The van der Waals surface area contributed by atoms with Gasteiger partial charge >= 0.3 is 5.97 Å². The third-order valence-electron chi connectivity index (χ3n) is 5.56. The Hall–Kier alpha value is -2.00. The molecule has 0 spiro atoms. The zero-order valence-electron chi connectivity index (χ0n) is 13.6. The number of benzene rings is 2. The molecular weight excluding hydrogens is 322 g/mol. The van der Waals surface area contributed by atoms with E-state index >= 15 is 0 Å². The van der Waals surface area contributed by atoms with E-state index in [0.717, 1.165) is 21.8 Å². The van der Waals surface area contributed by atoms with Crippen LogP contribution in [0.25, 0.3) is 0 Å². The molecule has 0 radical (unpaired) electrons. The van der Waals surface area contributed by atoms with Crippen LogP contribution in [0, 0.1) is 12.8 Å². The van der Waals surface area contributed by atoms with Gasteiger partial charge in [-0.2, -0.15) is 0 Å². The Morgan fingerprint density at radius 3 is 2.67 bits per heavy atom. The van der Waals surface area contributed by atoms with E-state index in [-0.39, 0.29) is 6.04 Å². The predicted octanol–water partition coefficient (Wildman–Crippen LogP) is 5.40. The van der Waals surface area contributed by atoms with Crippen molar-refractivity contribution >= 4 is 23.3 Å². The van der Waals surface area contributed by atoms with Gasteiger partial charge in [0.25, 0.3) is 0 Å². The summed E-state index contributed by atoms with van der Waals surface area (Å²) < 4.78 is 0. The minimum absolute atomic E-state index is 0.214. The Morgan fingerprint density at radius 2 is 1.96 bits per heavy atom. The van der Waals surface area contributed by atoms with Crippen LogP contribution in [-0.4, -0.2) is 11.1 Å². The number of aryl methyl sites for hydroxylation is 1. The highest BCUT2D eigenvalue weighted by Gasteiger charge is 2.40. The lowest BCUT2D eigenvalue weighted by Gasteiger charge is -2.38. The summed E-state index contributed by atoms with van der Waals surface area (Å²) >= 11 is 6.33. The molecule has 1 heterocycles. The van der Waals surface area contributed by atoms with Crippen molar-refractivity contribution in [1.82, 2.24) is 0 Å². The van der Waals surface area contributed by atoms with Crippen LogP contribution in [0.1, 0.15) is 58.3 Å². The lowest BCUT2D eigenvalue weighted by atomic mass is 9.77. The molecule has 0 amide bonds. The Balaban J connectivity index is 1.74. The number of carboxylic acid groups (broad SMARTS) is 1. The number of fused-ring (bicyclic) bond motifs is 3. The highest BCUT2D eigenvalue weighted by Crippen LogP contribution is 2.53. The van der Waals surface area contributed by atoms with Gasteiger partial charge in [0.15, 0.2) is 0 Å². The molecule has 0 saturated heterocycles. The minimum Gasteiger partial charge on any atom is -0.478 e. The highest BCUT2D eigenvalue weighted by atomic mass is 35.5. The molecule has 3 nitrogen and oxygen atoms in total. The highest BCUT2D eigenvalue weighted by molar-refractivity contribution is 6.31. The molecule has 2 aromatic carbocycles. The number of carboxylic acids is 1. The maximum absolute atomic E-state index is 11.1. The smallest absolute Gasteiger partial charge is 0.335 e. The first-order valence-electron chi connectivity index (χ1n) is 8.44. The van der Waals surface area contributed by atoms with E-state index in [0.29, 0.717) is 17.4 Å². The molecule has 4 rings (SSSR count). The average molecular weight is 342 g/mol. The van der Waals surface area contributed by atoms with E-state index in [2.05, 4.69) is 18.3 Å². The Labute approximate surface area is 146 Å². The zero-order chi connectivity index (χ0) is 16.8. The Kier molecular flexibility index (Phi) is 3.76. The molecule has 1 fully saturated rings. The van der Waals surface area contributed by atoms with Crippen molar-refractivity contribution in [3.05, 3.63) is 63.7 Å². The third kappa shape index (κ3) is 2.48. The molecule has 2 aromatic rings. The molecule has 24 heavy (non-hydrogen) atoms. The van der Waals surface area contributed by atoms with Crippen molar-refractivity contribution in [2.45, 2.75) is 38.1 Å². The van der Waals surface area contributed by atoms with Crippen LogP contribution >= 0.6 is 11.6 Å². The molecule has 2 N–H and O–H groups in total. The number of carbonyl (C=O) groups is 1. The monoisotopic (exact) mass is 341 g/mol. The number of anilines is 1. The van der Waals surface area contributed by atoms with Gasteiger partial charge in [-0.15, -0.1) is 0 Å². The number of rotatable bonds is 2. The van der Waals surface area contributed by atoms with E-state index in [1.807, 2.05) is 18.2 Å². The zero-order valence-corrected chi connectivity index (χ0v) is 14.3. The lowest BCUT2D eigenvalue weighted by Crippen LogP contribution is -2.29. The SMILES string of the molecule is Cc1cc2c(cc1Cl)N[C@@H](c1ccc(C(=O)O)cc1)[C@H]1CCC[C@@H]21. The summed E-state index contributed by atoms with van der Waals surface area (Å²) in [5.74, 6) is 0.222. The van der Waals surface area contributed by atoms with Gasteiger partial charge < -0.3 is 10.4 Å². The van der Waals surface area contributed by atoms with Crippen molar-refractivity contribution in [3.63, 3.8) is 0 Å². The Morgan fingerprint density at radius 1 is 1.21 bits per heavy atom. The topological polar surface area (TPSA) is 49.3 Å². The summed E-state index contributed by atoms with van der Waals surface area (Å²) in [7, 11) is 0. The second kappa shape index (κ2) is 5.82. The average Bonchev–Trinajstić information content (AvgIpc) is 3.05. The number of halogens is 1. The van der Waals surface area contributed by atoms with Crippen LogP contribution in [-0.2, 0) is 0 Å². The van der Waals surface area contributed by atoms with Gasteiger partial charge in [0, 0.05) is 10.7 Å². The maximum Gasteiger partial charge on any atom is 0.335 e. The second-order valence-corrected chi connectivity index (χ2v) is 7.35. The van der Waals surface area contributed by atoms with Gasteiger partial charge in [0.2, 0.25) is 0 Å². The summed E-state index contributed by atoms with van der Waals surface area (Å²) in [5, 5.41) is 13.6. The van der Waals surface area contributed by atoms with E-state index in [9.17, 15) is 4.79 Å². The second-order valence-electron chi connectivity index (χ2n) is 6.94. The van der Waals surface area contributed by atoms with Gasteiger partial charge in [0.05, 0.1) is 11.6 Å². The molecule has 0 bridgehead atoms. The molecule has 0 unspecified atom stereocenters. The fraction of sp³-hybridized carbons (Fsp3) is 0.350. The first-order chi connectivity index (χ1) is 11.5. The molecule has 1 aliphatic carbocycles. The van der Waals surface area contributed by atoms with Crippen LogP contribution in [0.2, 0.25) is 5.02 Å². The Bertz CT molecular complexity index is 800. The van der Waals surface area contributed by atoms with Gasteiger partial charge in [-0.1, -0.05) is 36.2 Å². The van der Waals surface area contributed by atoms with Crippen molar-refractivity contribution in [3.8, 4) is 0 Å². The van der Waals surface area contributed by atoms with Crippen LogP contribution in [0.4, 0.5) is 5.69 Å². The van der Waals surface area contributed by atoms with Crippen molar-refractivity contribution < 1.29 is 9.90 Å². The van der Waals surface area contributed by atoms with E-state index < -0.39 is 5.97 Å². The fourth-order valence-corrected chi connectivity index (χ4v) is 4.51. The standard InChI is InChI=1S/C20H20ClNO2/c1-11-9-16-14-3-2-4-15(14)19(22-18(16)10-17(11)21)12-5-7-13(8-6-12)20(23)24/h5-10,14-15,19,22H,2-4H2,1H3,(H,23,24)/t14-,15+,19+/m1/s1. The molecule has 3 atom stereocenters. The molecule has 124 valence electrons. The molecule has 4 heteroatoms. The van der Waals surface area contributed by atoms with E-state index in [1.165, 1.54) is 24.8 Å². The minimum atomic E-state index is -0.885. The number of hydrogen-bond donors (Lipinski definition) is 2. The van der Waals surface area contributed by atoms with Crippen LogP contribution in [0.15, 0.2) is 36.4 Å². The number of nitrogens with one attached hydrogen (secondary N) is 1. The molecular formula is C20H20ClNO2. The van der Waals surface area contributed by atoms with Crippen molar-refractivity contribution in [2.75, 3.05) is 5.32 Å². The number of hydrogen-bond acceptors (Lipinski definition) is 2. The van der Waals surface area contributed by atoms with Crippen molar-refractivity contribution in [1.29, 1.82) is 0 Å². The van der Waals surface area contributed by atoms with E-state index in [4.69, 9.17) is 16.7 Å². The quantitative estimate of drug-likeness (QED) is 0.769. The van der Waals surface area contributed by atoms with Crippen molar-refractivity contribution in [2.24, 2.45) is 5.92 Å². The fourth-order valence-electron chi connectivity index (χ4n) is 4.35. The van der Waals surface area contributed by atoms with Crippen LogP contribution in [0.3, 0.4) is 0 Å². The van der Waals surface area contributed by atoms with Gasteiger partial charge in [0.1, 0.15) is 0 Å². The molecule has 1 aliphatic heterocycles. The number of aromatic carboxylic acids is 1. The summed E-state index contributed by atoms with van der Waals surface area (Å²) in [6, 6.07) is 11.8. The predicted molar refractivity (Wildman–Crippen MR) is 96.0 cm³/mol. The third-order valence-corrected chi connectivity index (χ3v) is 5.96. The largest absolute Gasteiger partial charge is 0.478 e. The summed E-state index contributed by atoms with van der Waals surface area (Å²) in [6.45, 7) is 2.06. The van der Waals surface area contributed by atoms with Gasteiger partial charge in [-0.05, 0) is 66.5 Å². The first kappa shape index (κ1) is 15.5. The first-order valence-corrected chi connectivity index (χ1v) is 8.82. The van der Waals surface area contributed by atoms with Crippen LogP contribution in [0.5, 0.6) is 0 Å². The lowest BCUT2D eigenvalue weighted by molar-refractivity contribution is 0.0697. The van der Waals surface area contributed by atoms with E-state index in [1.54, 1.807) is 12.1 Å². The summed E-state index contributed by atoms with van der Waals surface area (Å²) in [4.78, 5) is 11.1. The van der Waals surface area contributed by atoms with Crippen LogP contribution < -0.4 is 5.32 Å². The molecule has 2 aliphatic rings. The normalized spacial score (nSPS) is 24.8. The molecule has 0 aromatic heterocycles. The molecule has 1 saturated carbocycles. The van der Waals surface area contributed by atoms with Gasteiger partial charge in [-0.25, -0.2) is 4.79 Å². The van der Waals surface area contributed by atoms with Gasteiger partial charge in [-0.3, -0.25) is 0 Å². The summed E-state index contributed by atoms with van der Waals surface area (Å²) in [6.07, 6.45) is 3.65. The maximum atomic E-state index is 11.1.